The molecule has 2 heterocycles. The van der Waals surface area contributed by atoms with Crippen LogP contribution in [0.1, 0.15) is 24.2 Å². The average molecular weight is 369 g/mol. The number of carbonyl (C=O) groups is 1. The molecule has 1 unspecified atom stereocenters. The first-order valence-electron chi connectivity index (χ1n) is 8.33. The summed E-state index contributed by atoms with van der Waals surface area (Å²) in [6.07, 6.45) is 0.319. The number of halogens is 1. The van der Waals surface area contributed by atoms with E-state index in [-0.39, 0.29) is 5.56 Å². The summed E-state index contributed by atoms with van der Waals surface area (Å²) in [5, 5.41) is 14.1. The summed E-state index contributed by atoms with van der Waals surface area (Å²) in [5.41, 5.74) is 8.33. The zero-order valence-electron chi connectivity index (χ0n) is 15.2. The molecule has 0 aliphatic heterocycles. The van der Waals surface area contributed by atoms with Gasteiger partial charge in [0.15, 0.2) is 0 Å². The lowest BCUT2D eigenvalue weighted by atomic mass is 10.1. The van der Waals surface area contributed by atoms with E-state index in [1.54, 1.807) is 51.2 Å². The minimum atomic E-state index is -1.22. The second kappa shape index (κ2) is 7.06. The van der Waals surface area contributed by atoms with Crippen LogP contribution in [0.4, 0.5) is 20.7 Å². The summed E-state index contributed by atoms with van der Waals surface area (Å²) in [6.45, 7) is 3.40. The molecule has 8 heteroatoms. The summed E-state index contributed by atoms with van der Waals surface area (Å²) in [6, 6.07) is 8.75. The fourth-order valence-electron chi connectivity index (χ4n) is 3.01. The van der Waals surface area contributed by atoms with E-state index in [1.807, 2.05) is 0 Å². The number of nitrogens with two attached hydrogens (primary N) is 1. The second-order valence-electron chi connectivity index (χ2n) is 6.23. The van der Waals surface area contributed by atoms with E-state index in [2.05, 4.69) is 10.1 Å². The van der Waals surface area contributed by atoms with Crippen molar-refractivity contribution in [2.45, 2.75) is 19.9 Å². The van der Waals surface area contributed by atoms with Gasteiger partial charge in [-0.1, -0.05) is 18.2 Å². The smallest absolute Gasteiger partial charge is 0.413 e. The van der Waals surface area contributed by atoms with E-state index in [0.717, 1.165) is 4.90 Å². The van der Waals surface area contributed by atoms with Crippen molar-refractivity contribution in [2.75, 3.05) is 10.6 Å². The molecule has 0 aliphatic carbocycles. The van der Waals surface area contributed by atoms with Crippen molar-refractivity contribution in [3.63, 3.8) is 0 Å². The summed E-state index contributed by atoms with van der Waals surface area (Å²) in [4.78, 5) is 17.6. The maximum absolute atomic E-state index is 14.3. The third-order valence-electron chi connectivity index (χ3n) is 4.49. The zero-order valence-corrected chi connectivity index (χ0v) is 15.2. The lowest BCUT2D eigenvalue weighted by Gasteiger charge is -2.28. The molecule has 27 heavy (non-hydrogen) atoms. The van der Waals surface area contributed by atoms with Gasteiger partial charge in [0.1, 0.15) is 11.6 Å². The lowest BCUT2D eigenvalue weighted by Crippen LogP contribution is -2.34. The average Bonchev–Trinajstić information content (AvgIpc) is 2.99. The van der Waals surface area contributed by atoms with Crippen LogP contribution < -0.4 is 10.6 Å². The van der Waals surface area contributed by atoms with Crippen LogP contribution in [0.2, 0.25) is 0 Å². The van der Waals surface area contributed by atoms with Crippen LogP contribution in [0.25, 0.3) is 11.3 Å². The topological polar surface area (TPSA) is 97.3 Å². The fourth-order valence-corrected chi connectivity index (χ4v) is 3.01. The quantitative estimate of drug-likeness (QED) is 0.730. The Kier molecular flexibility index (Phi) is 4.81. The Hall–Kier alpha value is -3.42. The summed E-state index contributed by atoms with van der Waals surface area (Å²) in [5.74, 6) is -0.170. The molecule has 1 atom stereocenters. The normalized spacial score (nSPS) is 12.0. The van der Waals surface area contributed by atoms with Gasteiger partial charge in [0.25, 0.3) is 0 Å². The molecule has 0 saturated carbocycles. The maximum Gasteiger partial charge on any atom is 0.413 e. The van der Waals surface area contributed by atoms with Crippen molar-refractivity contribution in [1.82, 2.24) is 14.8 Å². The lowest BCUT2D eigenvalue weighted by molar-refractivity contribution is 0.199. The first-order valence-corrected chi connectivity index (χ1v) is 8.33. The van der Waals surface area contributed by atoms with Crippen molar-refractivity contribution in [1.29, 1.82) is 0 Å². The molecule has 1 amide bonds. The molecule has 2 aromatic heterocycles. The minimum Gasteiger partial charge on any atom is -0.465 e. The van der Waals surface area contributed by atoms with Crippen LogP contribution in [0.5, 0.6) is 0 Å². The van der Waals surface area contributed by atoms with Gasteiger partial charge in [-0.2, -0.15) is 5.10 Å². The molecule has 0 radical (unpaired) electrons. The maximum atomic E-state index is 14.3. The Balaban J connectivity index is 2.15. The summed E-state index contributed by atoms with van der Waals surface area (Å²) in [7, 11) is 1.63. The van der Waals surface area contributed by atoms with Gasteiger partial charge in [-0.05, 0) is 32.0 Å². The standard InChI is InChI=1S/C19H20FN5O2/c1-11-16(21)8-9-17(23-11)14-10-22-24(3)18(14)25(19(26)27)12(2)13-6-4-5-7-15(13)20/h4-10,12H,21H2,1-3H3,(H,26,27). The van der Waals surface area contributed by atoms with Crippen LogP contribution in [0.15, 0.2) is 42.6 Å². The summed E-state index contributed by atoms with van der Waals surface area (Å²) >= 11 is 0. The van der Waals surface area contributed by atoms with Crippen molar-refractivity contribution >= 4 is 17.6 Å². The van der Waals surface area contributed by atoms with Gasteiger partial charge in [0, 0.05) is 12.6 Å². The van der Waals surface area contributed by atoms with Crippen LogP contribution >= 0.6 is 0 Å². The van der Waals surface area contributed by atoms with Gasteiger partial charge in [-0.25, -0.2) is 9.18 Å². The minimum absolute atomic E-state index is 0.272. The first-order chi connectivity index (χ1) is 12.8. The van der Waals surface area contributed by atoms with Gasteiger partial charge in [-0.3, -0.25) is 14.6 Å². The number of rotatable bonds is 4. The predicted octanol–water partition coefficient (Wildman–Crippen LogP) is 3.76. The molecule has 0 spiro atoms. The largest absolute Gasteiger partial charge is 0.465 e. The molecule has 1 aromatic carbocycles. The molecule has 3 aromatic rings. The van der Waals surface area contributed by atoms with Gasteiger partial charge in [-0.15, -0.1) is 0 Å². The van der Waals surface area contributed by atoms with Crippen LogP contribution in [-0.2, 0) is 7.05 Å². The van der Waals surface area contributed by atoms with E-state index < -0.39 is 18.0 Å². The molecule has 0 bridgehead atoms. The highest BCUT2D eigenvalue weighted by Gasteiger charge is 2.30. The highest BCUT2D eigenvalue weighted by Crippen LogP contribution is 2.35. The molecule has 3 rings (SSSR count). The Bertz CT molecular complexity index is 1000. The number of hydrogen-bond acceptors (Lipinski definition) is 4. The van der Waals surface area contributed by atoms with E-state index in [0.29, 0.717) is 28.5 Å². The predicted molar refractivity (Wildman–Crippen MR) is 101 cm³/mol. The Morgan fingerprint density at radius 3 is 2.63 bits per heavy atom. The Morgan fingerprint density at radius 1 is 1.30 bits per heavy atom. The van der Waals surface area contributed by atoms with Crippen molar-refractivity contribution in [3.8, 4) is 11.3 Å². The van der Waals surface area contributed by atoms with E-state index in [9.17, 15) is 14.3 Å². The van der Waals surface area contributed by atoms with E-state index in [4.69, 9.17) is 5.73 Å². The Labute approximate surface area is 155 Å². The SMILES string of the molecule is Cc1nc(-c2cnn(C)c2N(C(=O)O)C(C)c2ccccc2F)ccc1N. The van der Waals surface area contributed by atoms with E-state index in [1.165, 1.54) is 16.9 Å². The number of carboxylic acid groups (broad SMARTS) is 1. The highest BCUT2D eigenvalue weighted by atomic mass is 19.1. The number of aryl methyl sites for hydroxylation is 2. The van der Waals surface area contributed by atoms with Crippen LogP contribution in [0.3, 0.4) is 0 Å². The number of benzene rings is 1. The van der Waals surface area contributed by atoms with Gasteiger partial charge < -0.3 is 10.8 Å². The highest BCUT2D eigenvalue weighted by molar-refractivity contribution is 5.91. The fraction of sp³-hybridized carbons (Fsp3) is 0.211. The number of amides is 1. The van der Waals surface area contributed by atoms with Crippen LogP contribution in [0, 0.1) is 12.7 Å². The van der Waals surface area contributed by atoms with E-state index >= 15 is 0 Å². The second-order valence-corrected chi connectivity index (χ2v) is 6.23. The number of aromatic nitrogens is 3. The third-order valence-corrected chi connectivity index (χ3v) is 4.49. The molecule has 3 N–H and O–H groups in total. The van der Waals surface area contributed by atoms with Gasteiger partial charge in [0.2, 0.25) is 0 Å². The number of hydrogen-bond donors (Lipinski definition) is 2. The molecule has 0 saturated heterocycles. The zero-order chi connectivity index (χ0) is 19.7. The molecular formula is C19H20FN5O2. The Morgan fingerprint density at radius 2 is 2.00 bits per heavy atom. The number of nitrogen functional groups attached to an aromatic ring is 1. The first kappa shape index (κ1) is 18.4. The monoisotopic (exact) mass is 369 g/mol. The number of anilines is 2. The number of nitrogens with zero attached hydrogens (tertiary/aromatic N) is 4. The van der Waals surface area contributed by atoms with Crippen molar-refractivity contribution in [2.24, 2.45) is 7.05 Å². The van der Waals surface area contributed by atoms with Crippen molar-refractivity contribution < 1.29 is 14.3 Å². The summed E-state index contributed by atoms with van der Waals surface area (Å²) < 4.78 is 15.7. The molecule has 0 aliphatic rings. The van der Waals surface area contributed by atoms with Crippen LogP contribution in [-0.4, -0.2) is 26.0 Å². The molecule has 140 valence electrons. The van der Waals surface area contributed by atoms with Gasteiger partial charge >= 0.3 is 6.09 Å². The van der Waals surface area contributed by atoms with Gasteiger partial charge in [0.05, 0.1) is 34.9 Å². The molecule has 7 nitrogen and oxygen atoms in total. The van der Waals surface area contributed by atoms with Crippen molar-refractivity contribution in [3.05, 3.63) is 59.7 Å². The molecular weight excluding hydrogens is 349 g/mol. The molecule has 0 fully saturated rings. The number of pyridine rings is 1. The third kappa shape index (κ3) is 3.33.